The lowest BCUT2D eigenvalue weighted by atomic mass is 9.85. The van der Waals surface area contributed by atoms with Gasteiger partial charge in [0.25, 0.3) is 0 Å². The Hall–Kier alpha value is -2.45. The molecule has 2 unspecified atom stereocenters. The molecule has 2 aromatic carbocycles. The van der Waals surface area contributed by atoms with E-state index in [1.165, 1.54) is 23.1 Å². The molecule has 1 amide bonds. The Balaban J connectivity index is 1.90. The molecule has 8 heteroatoms. The summed E-state index contributed by atoms with van der Waals surface area (Å²) in [5, 5.41) is 10.9. The lowest BCUT2D eigenvalue weighted by Gasteiger charge is -2.45. The SMILES string of the molecule is CC1(C)Oc2cc(F)c(S(=O)(=O)c3ccccc3)cc2C(N2CCCC2=O)C1O. The molecule has 6 nitrogen and oxygen atoms in total. The van der Waals surface area contributed by atoms with Crippen molar-refractivity contribution >= 4 is 15.7 Å². The number of nitrogens with zero attached hydrogens (tertiary/aromatic N) is 1. The van der Waals surface area contributed by atoms with Gasteiger partial charge >= 0.3 is 0 Å². The monoisotopic (exact) mass is 419 g/mol. The molecule has 2 aliphatic rings. The number of benzene rings is 2. The molecule has 4 rings (SSSR count). The average molecular weight is 419 g/mol. The van der Waals surface area contributed by atoms with Gasteiger partial charge in [-0.1, -0.05) is 18.2 Å². The van der Waals surface area contributed by atoms with Crippen molar-refractivity contribution in [3.8, 4) is 5.75 Å². The normalized spacial score (nSPS) is 23.6. The average Bonchev–Trinajstić information content (AvgIpc) is 3.08. The van der Waals surface area contributed by atoms with E-state index in [0.29, 0.717) is 24.9 Å². The zero-order valence-electron chi connectivity index (χ0n) is 16.1. The smallest absolute Gasteiger partial charge is 0.223 e. The predicted octanol–water partition coefficient (Wildman–Crippen LogP) is 2.85. The molecule has 0 spiro atoms. The Morgan fingerprint density at radius 2 is 1.90 bits per heavy atom. The van der Waals surface area contributed by atoms with E-state index in [4.69, 9.17) is 4.74 Å². The Morgan fingerprint density at radius 1 is 1.21 bits per heavy atom. The summed E-state index contributed by atoms with van der Waals surface area (Å²) in [5.41, 5.74) is -0.782. The molecule has 2 heterocycles. The number of likely N-dealkylation sites (tertiary alicyclic amines) is 1. The first-order valence-electron chi connectivity index (χ1n) is 9.43. The van der Waals surface area contributed by atoms with Crippen LogP contribution in [0.4, 0.5) is 4.39 Å². The van der Waals surface area contributed by atoms with Gasteiger partial charge in [0.1, 0.15) is 28.2 Å². The second-order valence-electron chi connectivity index (χ2n) is 7.92. The largest absolute Gasteiger partial charge is 0.485 e. The Labute approximate surface area is 168 Å². The fourth-order valence-electron chi connectivity index (χ4n) is 4.00. The van der Waals surface area contributed by atoms with E-state index >= 15 is 0 Å². The van der Waals surface area contributed by atoms with Crippen LogP contribution in [0.3, 0.4) is 0 Å². The summed E-state index contributed by atoms with van der Waals surface area (Å²) in [6.07, 6.45) is -0.0968. The molecular formula is C21H22FNO5S. The molecule has 2 atom stereocenters. The number of aliphatic hydroxyl groups excluding tert-OH is 1. The number of aliphatic hydroxyl groups is 1. The van der Waals surface area contributed by atoms with Crippen LogP contribution in [-0.4, -0.2) is 42.6 Å². The van der Waals surface area contributed by atoms with Crippen LogP contribution >= 0.6 is 0 Å². The fourth-order valence-corrected chi connectivity index (χ4v) is 5.37. The van der Waals surface area contributed by atoms with Gasteiger partial charge in [0.15, 0.2) is 0 Å². The van der Waals surface area contributed by atoms with Crippen LogP contribution in [-0.2, 0) is 14.6 Å². The van der Waals surface area contributed by atoms with Gasteiger partial charge in [0, 0.05) is 24.6 Å². The van der Waals surface area contributed by atoms with Crippen molar-refractivity contribution < 1.29 is 27.4 Å². The molecule has 1 saturated heterocycles. The fraction of sp³-hybridized carbons (Fsp3) is 0.381. The highest BCUT2D eigenvalue weighted by Crippen LogP contribution is 2.46. The second-order valence-corrected chi connectivity index (χ2v) is 9.84. The van der Waals surface area contributed by atoms with E-state index in [0.717, 1.165) is 6.07 Å². The first kappa shape index (κ1) is 19.8. The summed E-state index contributed by atoms with van der Waals surface area (Å²) in [6, 6.07) is 8.99. The Kier molecular flexibility index (Phi) is 4.66. The maximum Gasteiger partial charge on any atom is 0.223 e. The van der Waals surface area contributed by atoms with E-state index in [9.17, 15) is 22.7 Å². The highest BCUT2D eigenvalue weighted by molar-refractivity contribution is 7.91. The molecule has 154 valence electrons. The lowest BCUT2D eigenvalue weighted by Crippen LogP contribution is -2.53. The van der Waals surface area contributed by atoms with Crippen molar-refractivity contribution in [2.75, 3.05) is 6.54 Å². The van der Waals surface area contributed by atoms with Gasteiger partial charge in [0.05, 0.1) is 10.9 Å². The number of carbonyl (C=O) groups excluding carboxylic acids is 1. The third-order valence-corrected chi connectivity index (χ3v) is 7.34. The van der Waals surface area contributed by atoms with E-state index < -0.39 is 38.3 Å². The number of fused-ring (bicyclic) bond motifs is 1. The van der Waals surface area contributed by atoms with E-state index in [1.807, 2.05) is 0 Å². The van der Waals surface area contributed by atoms with Gasteiger partial charge in [-0.05, 0) is 38.5 Å². The summed E-state index contributed by atoms with van der Waals surface area (Å²) in [6.45, 7) is 3.75. The van der Waals surface area contributed by atoms with Crippen molar-refractivity contribution in [1.29, 1.82) is 0 Å². The Morgan fingerprint density at radius 3 is 2.52 bits per heavy atom. The quantitative estimate of drug-likeness (QED) is 0.827. The second kappa shape index (κ2) is 6.81. The predicted molar refractivity (Wildman–Crippen MR) is 103 cm³/mol. The lowest BCUT2D eigenvalue weighted by molar-refractivity contribution is -0.139. The van der Waals surface area contributed by atoms with Gasteiger partial charge in [-0.2, -0.15) is 0 Å². The molecule has 29 heavy (non-hydrogen) atoms. The first-order valence-corrected chi connectivity index (χ1v) is 10.9. The number of amides is 1. The highest BCUT2D eigenvalue weighted by atomic mass is 32.2. The van der Waals surface area contributed by atoms with Gasteiger partial charge in [0.2, 0.25) is 15.7 Å². The number of ether oxygens (including phenoxy) is 1. The van der Waals surface area contributed by atoms with Crippen molar-refractivity contribution in [3.63, 3.8) is 0 Å². The van der Waals surface area contributed by atoms with Crippen molar-refractivity contribution in [2.45, 2.75) is 54.2 Å². The Bertz CT molecular complexity index is 1070. The van der Waals surface area contributed by atoms with Gasteiger partial charge in [-0.25, -0.2) is 12.8 Å². The number of rotatable bonds is 3. The molecular weight excluding hydrogens is 397 g/mol. The zero-order valence-corrected chi connectivity index (χ0v) is 16.9. The number of carbonyl (C=O) groups is 1. The van der Waals surface area contributed by atoms with Crippen LogP contribution in [0.5, 0.6) is 5.75 Å². The summed E-state index contributed by atoms with van der Waals surface area (Å²) in [7, 11) is -4.13. The maximum absolute atomic E-state index is 14.9. The molecule has 0 saturated carbocycles. The zero-order chi connectivity index (χ0) is 21.0. The molecule has 1 fully saturated rings. The van der Waals surface area contributed by atoms with Crippen LogP contribution in [0, 0.1) is 5.82 Å². The summed E-state index contributed by atoms with van der Waals surface area (Å²) in [4.78, 5) is 13.4. The minimum Gasteiger partial charge on any atom is -0.485 e. The van der Waals surface area contributed by atoms with Gasteiger partial charge in [-0.15, -0.1) is 0 Å². The summed E-state index contributed by atoms with van der Waals surface area (Å²) < 4.78 is 46.7. The van der Waals surface area contributed by atoms with Crippen LogP contribution in [0.25, 0.3) is 0 Å². The van der Waals surface area contributed by atoms with Crippen molar-refractivity contribution in [3.05, 3.63) is 53.8 Å². The minimum absolute atomic E-state index is 0.0368. The molecule has 0 bridgehead atoms. The number of hydrogen-bond acceptors (Lipinski definition) is 5. The summed E-state index contributed by atoms with van der Waals surface area (Å²) >= 11 is 0. The molecule has 1 N–H and O–H groups in total. The summed E-state index contributed by atoms with van der Waals surface area (Å²) in [5.74, 6) is -0.935. The minimum atomic E-state index is -4.13. The van der Waals surface area contributed by atoms with Crippen LogP contribution < -0.4 is 4.74 Å². The first-order chi connectivity index (χ1) is 13.6. The number of hydrogen-bond donors (Lipinski definition) is 1. The standard InChI is InChI=1S/C21H22FNO5S/c1-21(2)20(25)19(23-10-6-9-18(23)24)14-11-17(15(22)12-16(14)28-21)29(26,27)13-7-4-3-5-8-13/h3-5,7-8,11-12,19-20,25H,6,9-10H2,1-2H3. The number of sulfone groups is 1. The van der Waals surface area contributed by atoms with Gasteiger partial charge < -0.3 is 14.7 Å². The van der Waals surface area contributed by atoms with E-state index in [1.54, 1.807) is 32.0 Å². The van der Waals surface area contributed by atoms with Gasteiger partial charge in [-0.3, -0.25) is 4.79 Å². The molecule has 2 aromatic rings. The molecule has 2 aliphatic heterocycles. The van der Waals surface area contributed by atoms with Crippen LogP contribution in [0.1, 0.15) is 38.3 Å². The van der Waals surface area contributed by atoms with E-state index in [-0.39, 0.29) is 16.6 Å². The van der Waals surface area contributed by atoms with Crippen molar-refractivity contribution in [2.24, 2.45) is 0 Å². The third kappa shape index (κ3) is 3.20. The molecule has 0 aromatic heterocycles. The van der Waals surface area contributed by atoms with Crippen LogP contribution in [0.2, 0.25) is 0 Å². The molecule has 0 radical (unpaired) electrons. The van der Waals surface area contributed by atoms with Crippen molar-refractivity contribution in [1.82, 2.24) is 4.90 Å². The third-order valence-electron chi connectivity index (χ3n) is 5.56. The van der Waals surface area contributed by atoms with E-state index in [2.05, 4.69) is 0 Å². The molecule has 0 aliphatic carbocycles. The highest BCUT2D eigenvalue weighted by Gasteiger charge is 2.48. The maximum atomic E-state index is 14.9. The number of halogens is 1. The van der Waals surface area contributed by atoms with Crippen LogP contribution in [0.15, 0.2) is 52.3 Å². The topological polar surface area (TPSA) is 83.9 Å².